The molecule has 0 unspecified atom stereocenters. The van der Waals surface area contributed by atoms with Crippen molar-refractivity contribution >= 4 is 39.3 Å². The normalized spacial score (nSPS) is 17.2. The molecule has 1 fully saturated rings. The molecule has 24 heavy (non-hydrogen) atoms. The average Bonchev–Trinajstić information content (AvgIpc) is 3.18. The lowest BCUT2D eigenvalue weighted by atomic mass is 10.2. The number of nitrogens with two attached hydrogens (primary N) is 1. The lowest BCUT2D eigenvalue weighted by molar-refractivity contribution is -0.113. The van der Waals surface area contributed by atoms with Gasteiger partial charge in [0, 0.05) is 16.8 Å². The number of carbonyl (C=O) groups is 1. The molecule has 0 bridgehead atoms. The lowest BCUT2D eigenvalue weighted by Crippen LogP contribution is -2.18. The minimum Gasteiger partial charge on any atom is -0.370 e. The number of aromatic nitrogens is 3. The molecule has 2 aromatic rings. The van der Waals surface area contributed by atoms with Crippen LogP contribution in [-0.4, -0.2) is 33.1 Å². The van der Waals surface area contributed by atoms with Crippen molar-refractivity contribution in [3.8, 4) is 0 Å². The van der Waals surface area contributed by atoms with E-state index in [4.69, 9.17) is 10.6 Å². The van der Waals surface area contributed by atoms with Crippen LogP contribution in [0.1, 0.15) is 30.3 Å². The van der Waals surface area contributed by atoms with E-state index >= 15 is 0 Å². The van der Waals surface area contributed by atoms with Crippen molar-refractivity contribution in [2.24, 2.45) is 0 Å². The van der Waals surface area contributed by atoms with Crippen LogP contribution in [-0.2, 0) is 9.53 Å². The van der Waals surface area contributed by atoms with Crippen molar-refractivity contribution in [2.75, 3.05) is 23.5 Å². The molecule has 1 aliphatic rings. The van der Waals surface area contributed by atoms with Gasteiger partial charge in [0.05, 0.1) is 5.75 Å². The summed E-state index contributed by atoms with van der Waals surface area (Å²) in [6.45, 7) is 2.66. The number of aryl methyl sites for hydroxylation is 1. The topological polar surface area (TPSA) is 95.1 Å². The summed E-state index contributed by atoms with van der Waals surface area (Å²) in [5, 5.41) is 11.5. The quantitative estimate of drug-likeness (QED) is 0.579. The fourth-order valence-corrected chi connectivity index (χ4v) is 3.61. The van der Waals surface area contributed by atoms with Crippen LogP contribution in [0.2, 0.25) is 0 Å². The Bertz CT molecular complexity index is 745. The van der Waals surface area contributed by atoms with Crippen LogP contribution in [0.3, 0.4) is 0 Å². The predicted molar refractivity (Wildman–Crippen MR) is 96.3 cm³/mol. The SMILES string of the molecule is Cc1cc(Br)ccc1NC(=O)CSc1nnc([C@@H]2CCCO2)n1N. The third-order valence-electron chi connectivity index (χ3n) is 3.70. The highest BCUT2D eigenvalue weighted by atomic mass is 79.9. The molecule has 1 saturated heterocycles. The second kappa shape index (κ2) is 7.54. The molecule has 1 aromatic carbocycles. The number of hydrogen-bond donors (Lipinski definition) is 2. The Hall–Kier alpha value is -1.58. The number of carbonyl (C=O) groups excluding carboxylic acids is 1. The van der Waals surface area contributed by atoms with Crippen molar-refractivity contribution in [2.45, 2.75) is 31.0 Å². The predicted octanol–water partition coefficient (Wildman–Crippen LogP) is 2.65. The van der Waals surface area contributed by atoms with Crippen molar-refractivity contribution in [3.05, 3.63) is 34.1 Å². The van der Waals surface area contributed by atoms with Crippen molar-refractivity contribution in [1.82, 2.24) is 14.9 Å². The highest BCUT2D eigenvalue weighted by Crippen LogP contribution is 2.28. The molecule has 1 atom stereocenters. The molecule has 7 nitrogen and oxygen atoms in total. The Morgan fingerprint density at radius 1 is 1.54 bits per heavy atom. The zero-order valence-electron chi connectivity index (χ0n) is 13.2. The van der Waals surface area contributed by atoms with E-state index in [-0.39, 0.29) is 17.8 Å². The van der Waals surface area contributed by atoms with Gasteiger partial charge >= 0.3 is 0 Å². The van der Waals surface area contributed by atoms with Crippen LogP contribution in [0.4, 0.5) is 5.69 Å². The minimum absolute atomic E-state index is 0.101. The Morgan fingerprint density at radius 3 is 3.08 bits per heavy atom. The first-order chi connectivity index (χ1) is 11.5. The summed E-state index contributed by atoms with van der Waals surface area (Å²) < 4.78 is 7.96. The van der Waals surface area contributed by atoms with Gasteiger partial charge in [0.25, 0.3) is 0 Å². The first-order valence-electron chi connectivity index (χ1n) is 7.55. The molecule has 128 valence electrons. The molecule has 3 rings (SSSR count). The summed E-state index contributed by atoms with van der Waals surface area (Å²) in [7, 11) is 0. The molecule has 1 amide bonds. The third kappa shape index (κ3) is 3.90. The summed E-state index contributed by atoms with van der Waals surface area (Å²) in [5.41, 5.74) is 1.78. The number of ether oxygens (including phenoxy) is 1. The number of benzene rings is 1. The molecule has 0 radical (unpaired) electrons. The highest BCUT2D eigenvalue weighted by molar-refractivity contribution is 9.10. The van der Waals surface area contributed by atoms with Gasteiger partial charge in [0.1, 0.15) is 6.10 Å². The maximum Gasteiger partial charge on any atom is 0.234 e. The van der Waals surface area contributed by atoms with Gasteiger partial charge in [-0.1, -0.05) is 27.7 Å². The van der Waals surface area contributed by atoms with E-state index in [2.05, 4.69) is 31.4 Å². The largest absolute Gasteiger partial charge is 0.370 e. The summed E-state index contributed by atoms with van der Waals surface area (Å²) in [6.07, 6.45) is 1.79. The van der Waals surface area contributed by atoms with Gasteiger partial charge in [0.15, 0.2) is 5.82 Å². The molecule has 0 spiro atoms. The summed E-state index contributed by atoms with van der Waals surface area (Å²) in [6, 6.07) is 5.70. The van der Waals surface area contributed by atoms with E-state index in [1.165, 1.54) is 16.4 Å². The van der Waals surface area contributed by atoms with E-state index in [9.17, 15) is 4.79 Å². The number of anilines is 1. The van der Waals surface area contributed by atoms with Crippen LogP contribution in [0, 0.1) is 6.92 Å². The number of amides is 1. The number of halogens is 1. The van der Waals surface area contributed by atoms with Gasteiger partial charge in [-0.2, -0.15) is 0 Å². The first kappa shape index (κ1) is 17.2. The Morgan fingerprint density at radius 2 is 2.38 bits per heavy atom. The maximum atomic E-state index is 12.1. The Balaban J connectivity index is 1.58. The summed E-state index contributed by atoms with van der Waals surface area (Å²) in [4.78, 5) is 12.1. The van der Waals surface area contributed by atoms with Gasteiger partial charge in [-0.25, -0.2) is 4.68 Å². The number of hydrogen-bond acceptors (Lipinski definition) is 6. The van der Waals surface area contributed by atoms with Crippen LogP contribution in [0.25, 0.3) is 0 Å². The van der Waals surface area contributed by atoms with E-state index in [0.717, 1.165) is 35.2 Å². The molecular formula is C15H18BrN5O2S. The number of rotatable bonds is 5. The number of nitrogens with zero attached hydrogens (tertiary/aromatic N) is 3. The van der Waals surface area contributed by atoms with Crippen molar-refractivity contribution in [3.63, 3.8) is 0 Å². The molecule has 9 heteroatoms. The smallest absolute Gasteiger partial charge is 0.234 e. The zero-order valence-corrected chi connectivity index (χ0v) is 15.6. The van der Waals surface area contributed by atoms with Gasteiger partial charge in [-0.05, 0) is 43.5 Å². The van der Waals surface area contributed by atoms with Crippen molar-refractivity contribution < 1.29 is 9.53 Å². The van der Waals surface area contributed by atoms with Crippen LogP contribution < -0.4 is 11.2 Å². The fraction of sp³-hybridized carbons (Fsp3) is 0.400. The third-order valence-corrected chi connectivity index (χ3v) is 5.14. The van der Waals surface area contributed by atoms with Gasteiger partial charge in [-0.3, -0.25) is 4.79 Å². The summed E-state index contributed by atoms with van der Waals surface area (Å²) in [5.74, 6) is 6.71. The summed E-state index contributed by atoms with van der Waals surface area (Å²) >= 11 is 4.65. The first-order valence-corrected chi connectivity index (χ1v) is 9.33. The van der Waals surface area contributed by atoms with Crippen LogP contribution in [0.5, 0.6) is 0 Å². The second-order valence-corrected chi connectivity index (χ2v) is 7.37. The fourth-order valence-electron chi connectivity index (χ4n) is 2.47. The van der Waals surface area contributed by atoms with Gasteiger partial charge in [-0.15, -0.1) is 10.2 Å². The second-order valence-electron chi connectivity index (χ2n) is 5.51. The Kier molecular flexibility index (Phi) is 5.42. The molecule has 0 saturated carbocycles. The van der Waals surface area contributed by atoms with E-state index in [0.29, 0.717) is 11.0 Å². The van der Waals surface area contributed by atoms with E-state index in [1.807, 2.05) is 25.1 Å². The lowest BCUT2D eigenvalue weighted by Gasteiger charge is -2.09. The zero-order chi connectivity index (χ0) is 17.1. The molecular weight excluding hydrogens is 394 g/mol. The van der Waals surface area contributed by atoms with Gasteiger partial charge in [0.2, 0.25) is 11.1 Å². The Labute approximate surface area is 152 Å². The number of nitrogen functional groups attached to an aromatic ring is 1. The molecule has 3 N–H and O–H groups in total. The average molecular weight is 412 g/mol. The number of thioether (sulfide) groups is 1. The van der Waals surface area contributed by atoms with Gasteiger partial charge < -0.3 is 15.9 Å². The molecule has 2 heterocycles. The molecule has 0 aliphatic carbocycles. The van der Waals surface area contributed by atoms with Crippen LogP contribution >= 0.6 is 27.7 Å². The minimum atomic E-state index is -0.118. The van der Waals surface area contributed by atoms with Crippen LogP contribution in [0.15, 0.2) is 27.8 Å². The number of nitrogens with one attached hydrogen (secondary N) is 1. The van der Waals surface area contributed by atoms with E-state index < -0.39 is 0 Å². The molecule has 1 aliphatic heterocycles. The van der Waals surface area contributed by atoms with E-state index in [1.54, 1.807) is 0 Å². The standard InChI is InChI=1S/C15H18BrN5O2S/c1-9-7-10(16)4-5-11(9)18-13(22)8-24-15-20-19-14(21(15)17)12-3-2-6-23-12/h4-5,7,12H,2-3,6,8,17H2,1H3,(H,18,22)/t12-/m0/s1. The van der Waals surface area contributed by atoms with Crippen molar-refractivity contribution in [1.29, 1.82) is 0 Å². The monoisotopic (exact) mass is 411 g/mol. The highest BCUT2D eigenvalue weighted by Gasteiger charge is 2.24. The molecule has 1 aromatic heterocycles. The maximum absolute atomic E-state index is 12.1.